The fourth-order valence-corrected chi connectivity index (χ4v) is 1.34. The number of carboxylic acid groups (broad SMARTS) is 1. The minimum absolute atomic E-state index is 0.0453. The van der Waals surface area contributed by atoms with Crippen LogP contribution in [-0.2, 0) is 4.79 Å². The zero-order valence-electron chi connectivity index (χ0n) is 9.27. The molecule has 0 bridgehead atoms. The van der Waals surface area contributed by atoms with Crippen molar-refractivity contribution in [3.63, 3.8) is 0 Å². The number of aliphatic carboxylic acids is 1. The molecule has 0 heterocycles. The Morgan fingerprint density at radius 1 is 1.44 bits per heavy atom. The van der Waals surface area contributed by atoms with Crippen molar-refractivity contribution < 1.29 is 15.0 Å². The molecule has 0 unspecified atom stereocenters. The number of nitrogens with two attached hydrogens (primary N) is 2. The van der Waals surface area contributed by atoms with Crippen molar-refractivity contribution in [1.29, 1.82) is 0 Å². The highest BCUT2D eigenvalue weighted by Gasteiger charge is 2.36. The first-order chi connectivity index (χ1) is 7.26. The fourth-order valence-electron chi connectivity index (χ4n) is 1.34. The van der Waals surface area contributed by atoms with Gasteiger partial charge in [0, 0.05) is 17.3 Å². The van der Waals surface area contributed by atoms with Gasteiger partial charge in [0.15, 0.2) is 0 Å². The first kappa shape index (κ1) is 12.3. The van der Waals surface area contributed by atoms with Gasteiger partial charge < -0.3 is 21.7 Å². The number of aromatic hydroxyl groups is 1. The molecule has 1 aromatic carbocycles. The first-order valence-electron chi connectivity index (χ1n) is 4.84. The summed E-state index contributed by atoms with van der Waals surface area (Å²) < 4.78 is 0. The van der Waals surface area contributed by atoms with Gasteiger partial charge in [0.2, 0.25) is 0 Å². The second-order valence-corrected chi connectivity index (χ2v) is 4.32. The smallest absolute Gasteiger partial charge is 0.311 e. The highest BCUT2D eigenvalue weighted by atomic mass is 16.4. The molecule has 0 saturated heterocycles. The van der Waals surface area contributed by atoms with Crippen molar-refractivity contribution in [2.24, 2.45) is 11.1 Å². The summed E-state index contributed by atoms with van der Waals surface area (Å²) in [6.45, 7) is 3.01. The van der Waals surface area contributed by atoms with Crippen LogP contribution in [0, 0.1) is 5.41 Å². The van der Waals surface area contributed by atoms with Crippen LogP contribution in [0.3, 0.4) is 0 Å². The normalized spacial score (nSPS) is 13.4. The van der Waals surface area contributed by atoms with E-state index in [-0.39, 0.29) is 5.75 Å². The standard InChI is InChI=1S/C11H16N2O3/c1-11(2,10(15)16)9(13)7-5-6(12)3-4-8(7)14/h3-5,9,14H,12-13H2,1-2H3,(H,15,16)/t9-/m0/s1. The summed E-state index contributed by atoms with van der Waals surface area (Å²) in [5.41, 5.74) is 11.0. The molecule has 0 aliphatic carbocycles. The van der Waals surface area contributed by atoms with E-state index in [4.69, 9.17) is 16.6 Å². The maximum atomic E-state index is 11.0. The molecule has 0 fully saturated rings. The molecule has 88 valence electrons. The second-order valence-electron chi connectivity index (χ2n) is 4.32. The van der Waals surface area contributed by atoms with E-state index in [1.165, 1.54) is 32.0 Å². The number of rotatable bonds is 3. The van der Waals surface area contributed by atoms with Gasteiger partial charge in [-0.2, -0.15) is 0 Å². The third-order valence-corrected chi connectivity index (χ3v) is 2.72. The van der Waals surface area contributed by atoms with Gasteiger partial charge in [-0.05, 0) is 32.0 Å². The van der Waals surface area contributed by atoms with Crippen molar-refractivity contribution in [2.45, 2.75) is 19.9 Å². The maximum absolute atomic E-state index is 11.0. The number of carboxylic acids is 1. The second kappa shape index (κ2) is 4.02. The minimum atomic E-state index is -1.18. The van der Waals surface area contributed by atoms with Crippen LogP contribution >= 0.6 is 0 Å². The van der Waals surface area contributed by atoms with E-state index < -0.39 is 17.4 Å². The van der Waals surface area contributed by atoms with Crippen LogP contribution in [0.2, 0.25) is 0 Å². The van der Waals surface area contributed by atoms with E-state index >= 15 is 0 Å². The lowest BCUT2D eigenvalue weighted by atomic mass is 9.80. The van der Waals surface area contributed by atoms with Gasteiger partial charge in [-0.25, -0.2) is 0 Å². The number of hydrogen-bond donors (Lipinski definition) is 4. The van der Waals surface area contributed by atoms with E-state index in [0.717, 1.165) is 0 Å². The van der Waals surface area contributed by atoms with Crippen molar-refractivity contribution in [2.75, 3.05) is 5.73 Å². The lowest BCUT2D eigenvalue weighted by Crippen LogP contribution is -2.36. The van der Waals surface area contributed by atoms with E-state index in [1.807, 2.05) is 0 Å². The third-order valence-electron chi connectivity index (χ3n) is 2.72. The van der Waals surface area contributed by atoms with Gasteiger partial charge in [0.05, 0.1) is 5.41 Å². The van der Waals surface area contributed by atoms with Gasteiger partial charge >= 0.3 is 5.97 Å². The van der Waals surface area contributed by atoms with Crippen LogP contribution < -0.4 is 11.5 Å². The molecular weight excluding hydrogens is 208 g/mol. The summed E-state index contributed by atoms with van der Waals surface area (Å²) in [6, 6.07) is 3.60. The Balaban J connectivity index is 3.19. The van der Waals surface area contributed by atoms with Crippen molar-refractivity contribution >= 4 is 11.7 Å². The van der Waals surface area contributed by atoms with Crippen LogP contribution in [0.5, 0.6) is 5.75 Å². The molecule has 0 amide bonds. The largest absolute Gasteiger partial charge is 0.508 e. The van der Waals surface area contributed by atoms with E-state index in [2.05, 4.69) is 0 Å². The van der Waals surface area contributed by atoms with Gasteiger partial charge in [-0.15, -0.1) is 0 Å². The fraction of sp³-hybridized carbons (Fsp3) is 0.364. The first-order valence-corrected chi connectivity index (χ1v) is 4.84. The Bertz CT molecular complexity index is 416. The highest BCUT2D eigenvalue weighted by Crippen LogP contribution is 2.36. The number of phenolic OH excluding ortho intramolecular Hbond substituents is 1. The summed E-state index contributed by atoms with van der Waals surface area (Å²) in [5, 5.41) is 18.7. The molecule has 1 aromatic rings. The predicted octanol–water partition coefficient (Wildman–Crippen LogP) is 1.08. The van der Waals surface area contributed by atoms with E-state index in [0.29, 0.717) is 11.3 Å². The Kier molecular flexibility index (Phi) is 3.09. The van der Waals surface area contributed by atoms with E-state index in [9.17, 15) is 9.90 Å². The Morgan fingerprint density at radius 3 is 2.50 bits per heavy atom. The zero-order chi connectivity index (χ0) is 12.5. The Hall–Kier alpha value is -1.75. The van der Waals surface area contributed by atoms with Crippen molar-refractivity contribution in [3.05, 3.63) is 23.8 Å². The summed E-state index contributed by atoms with van der Waals surface area (Å²) >= 11 is 0. The molecule has 0 spiro atoms. The minimum Gasteiger partial charge on any atom is -0.508 e. The molecule has 0 radical (unpaired) electrons. The molecule has 0 aromatic heterocycles. The molecule has 5 heteroatoms. The van der Waals surface area contributed by atoms with Crippen molar-refractivity contribution in [3.8, 4) is 5.75 Å². The van der Waals surface area contributed by atoms with E-state index in [1.54, 1.807) is 0 Å². The topological polar surface area (TPSA) is 110 Å². The Labute approximate surface area is 93.7 Å². The van der Waals surface area contributed by atoms with Crippen LogP contribution in [0.1, 0.15) is 25.5 Å². The number of anilines is 1. The average molecular weight is 224 g/mol. The number of nitrogen functional groups attached to an aromatic ring is 1. The average Bonchev–Trinajstić information content (AvgIpc) is 2.20. The monoisotopic (exact) mass is 224 g/mol. The summed E-state index contributed by atoms with van der Waals surface area (Å²) in [5.74, 6) is -1.07. The molecule has 6 N–H and O–H groups in total. The van der Waals surface area contributed by atoms with Crippen LogP contribution in [0.25, 0.3) is 0 Å². The van der Waals surface area contributed by atoms with Crippen LogP contribution in [-0.4, -0.2) is 16.2 Å². The Morgan fingerprint density at radius 2 is 2.00 bits per heavy atom. The third kappa shape index (κ3) is 2.09. The number of benzene rings is 1. The van der Waals surface area contributed by atoms with Crippen molar-refractivity contribution in [1.82, 2.24) is 0 Å². The summed E-state index contributed by atoms with van der Waals surface area (Å²) in [6.07, 6.45) is 0. The predicted molar refractivity (Wildman–Crippen MR) is 60.9 cm³/mol. The summed E-state index contributed by atoms with van der Waals surface area (Å²) in [7, 11) is 0. The van der Waals surface area contributed by atoms with Gasteiger partial charge in [-0.1, -0.05) is 0 Å². The molecule has 1 atom stereocenters. The van der Waals surface area contributed by atoms with Gasteiger partial charge in [0.25, 0.3) is 0 Å². The summed E-state index contributed by atoms with van der Waals surface area (Å²) in [4.78, 5) is 11.0. The van der Waals surface area contributed by atoms with Gasteiger partial charge in [0.1, 0.15) is 5.75 Å². The molecule has 1 rings (SSSR count). The molecule has 16 heavy (non-hydrogen) atoms. The van der Waals surface area contributed by atoms with Crippen LogP contribution in [0.15, 0.2) is 18.2 Å². The zero-order valence-corrected chi connectivity index (χ0v) is 9.27. The lowest BCUT2D eigenvalue weighted by molar-refractivity contribution is -0.148. The van der Waals surface area contributed by atoms with Crippen LogP contribution in [0.4, 0.5) is 5.69 Å². The molecule has 0 saturated carbocycles. The number of carbonyl (C=O) groups is 1. The SMILES string of the molecule is CC(C)(C(=O)O)[C@@H](N)c1cc(N)ccc1O. The maximum Gasteiger partial charge on any atom is 0.311 e. The van der Waals surface area contributed by atoms with Gasteiger partial charge in [-0.3, -0.25) is 4.79 Å². The molecule has 5 nitrogen and oxygen atoms in total. The number of hydrogen-bond acceptors (Lipinski definition) is 4. The molecular formula is C11H16N2O3. The lowest BCUT2D eigenvalue weighted by Gasteiger charge is -2.27. The number of phenols is 1. The molecule has 0 aliphatic heterocycles. The highest BCUT2D eigenvalue weighted by molar-refractivity contribution is 5.75. The quantitative estimate of drug-likeness (QED) is 0.453. The molecule has 0 aliphatic rings.